The van der Waals surface area contributed by atoms with Gasteiger partial charge in [-0.3, -0.25) is 14.3 Å². The molecule has 2 aliphatic rings. The minimum Gasteiger partial charge on any atom is -0.334 e. The first-order valence-electron chi connectivity index (χ1n) is 10.3. The Balaban J connectivity index is 1.36. The summed E-state index contributed by atoms with van der Waals surface area (Å²) in [7, 11) is 0. The summed E-state index contributed by atoms with van der Waals surface area (Å²) in [4.78, 5) is 41.2. The van der Waals surface area contributed by atoms with Gasteiger partial charge in [0.25, 0.3) is 11.4 Å². The Morgan fingerprint density at radius 3 is 2.59 bits per heavy atom. The predicted molar refractivity (Wildman–Crippen MR) is 114 cm³/mol. The summed E-state index contributed by atoms with van der Waals surface area (Å²) in [5.74, 6) is 1.59. The van der Waals surface area contributed by atoms with Crippen LogP contribution in [0.25, 0.3) is 22.5 Å². The highest BCUT2D eigenvalue weighted by Gasteiger charge is 2.32. The standard InChI is InChI=1S/C21H17FN6O3S/c22-12-5-3-11(4-6-12)19-23-14(27-31-19)9-32-20-15-17(24-16(25-20)10-1-2-10)28(13-7-8-13)21(30)26-18(15)29/h3-6,10,13H,1-2,7-9H2,(H,26,29,30). The highest BCUT2D eigenvalue weighted by atomic mass is 32.2. The molecule has 2 fully saturated rings. The first kappa shape index (κ1) is 19.4. The lowest BCUT2D eigenvalue weighted by molar-refractivity contribution is 0.425. The Morgan fingerprint density at radius 2 is 1.88 bits per heavy atom. The number of aromatic nitrogens is 6. The first-order chi connectivity index (χ1) is 15.6. The van der Waals surface area contributed by atoms with Gasteiger partial charge in [0.2, 0.25) is 0 Å². The minimum atomic E-state index is -0.494. The number of hydrogen-bond donors (Lipinski definition) is 1. The van der Waals surface area contributed by atoms with Crippen LogP contribution in [0.15, 0.2) is 43.4 Å². The molecule has 0 aliphatic heterocycles. The zero-order valence-corrected chi connectivity index (χ0v) is 17.6. The molecule has 32 heavy (non-hydrogen) atoms. The van der Waals surface area contributed by atoms with E-state index >= 15 is 0 Å². The number of nitrogens with one attached hydrogen (secondary N) is 1. The van der Waals surface area contributed by atoms with Gasteiger partial charge in [0.1, 0.15) is 22.1 Å². The molecule has 9 nitrogen and oxygen atoms in total. The van der Waals surface area contributed by atoms with Crippen LogP contribution < -0.4 is 11.2 Å². The molecular formula is C21H17FN6O3S. The van der Waals surface area contributed by atoms with Gasteiger partial charge in [-0.2, -0.15) is 4.98 Å². The average Bonchev–Trinajstić information content (AvgIpc) is 3.71. The number of nitrogens with zero attached hydrogens (tertiary/aromatic N) is 5. The summed E-state index contributed by atoms with van der Waals surface area (Å²) in [6.07, 6.45) is 3.78. The monoisotopic (exact) mass is 452 g/mol. The lowest BCUT2D eigenvalue weighted by atomic mass is 10.2. The average molecular weight is 452 g/mol. The normalized spacial score (nSPS) is 16.0. The Kier molecular flexibility index (Phi) is 4.46. The Morgan fingerprint density at radius 1 is 1.09 bits per heavy atom. The molecule has 4 aromatic rings. The van der Waals surface area contributed by atoms with Crippen LogP contribution in [0.4, 0.5) is 4.39 Å². The van der Waals surface area contributed by atoms with Gasteiger partial charge in [-0.05, 0) is 49.9 Å². The van der Waals surface area contributed by atoms with E-state index in [-0.39, 0.29) is 23.7 Å². The number of benzene rings is 1. The van der Waals surface area contributed by atoms with Gasteiger partial charge in [-0.25, -0.2) is 19.2 Å². The van der Waals surface area contributed by atoms with Crippen molar-refractivity contribution in [3.8, 4) is 11.5 Å². The Hall–Kier alpha value is -3.34. The molecule has 1 aromatic carbocycles. The van der Waals surface area contributed by atoms with E-state index in [0.29, 0.717) is 39.0 Å². The second-order valence-electron chi connectivity index (χ2n) is 8.03. The molecule has 0 unspecified atom stereocenters. The van der Waals surface area contributed by atoms with Gasteiger partial charge in [-0.15, -0.1) is 0 Å². The molecule has 162 valence electrons. The zero-order valence-electron chi connectivity index (χ0n) is 16.7. The number of H-pyrrole nitrogens is 1. The lowest BCUT2D eigenvalue weighted by Gasteiger charge is -2.11. The van der Waals surface area contributed by atoms with E-state index < -0.39 is 11.2 Å². The number of hydrogen-bond acceptors (Lipinski definition) is 8. The zero-order chi connectivity index (χ0) is 21.8. The third-order valence-electron chi connectivity index (χ3n) is 5.52. The fraction of sp³-hybridized carbons (Fsp3) is 0.333. The maximum absolute atomic E-state index is 13.1. The van der Waals surface area contributed by atoms with Crippen molar-refractivity contribution in [3.05, 3.63) is 62.6 Å². The predicted octanol–water partition coefficient (Wildman–Crippen LogP) is 3.17. The molecule has 2 aliphatic carbocycles. The van der Waals surface area contributed by atoms with Crippen molar-refractivity contribution in [1.29, 1.82) is 0 Å². The molecule has 3 heterocycles. The summed E-state index contributed by atoms with van der Waals surface area (Å²) >= 11 is 1.30. The molecule has 3 aromatic heterocycles. The van der Waals surface area contributed by atoms with Crippen molar-refractivity contribution in [2.75, 3.05) is 0 Å². The fourth-order valence-electron chi connectivity index (χ4n) is 3.59. The summed E-state index contributed by atoms with van der Waals surface area (Å²) in [6.45, 7) is 0. The van der Waals surface area contributed by atoms with Crippen molar-refractivity contribution in [2.45, 2.75) is 48.4 Å². The number of thioether (sulfide) groups is 1. The third kappa shape index (κ3) is 3.52. The van der Waals surface area contributed by atoms with E-state index in [2.05, 4.69) is 25.1 Å². The molecule has 0 radical (unpaired) electrons. The largest absolute Gasteiger partial charge is 0.334 e. The van der Waals surface area contributed by atoms with Crippen LogP contribution in [-0.4, -0.2) is 29.7 Å². The summed E-state index contributed by atoms with van der Waals surface area (Å²) in [5.41, 5.74) is 0.0969. The summed E-state index contributed by atoms with van der Waals surface area (Å²) in [6, 6.07) is 5.85. The van der Waals surface area contributed by atoms with Gasteiger partial charge < -0.3 is 4.52 Å². The van der Waals surface area contributed by atoms with E-state index in [1.54, 1.807) is 16.7 Å². The molecular weight excluding hydrogens is 435 g/mol. The molecule has 11 heteroatoms. The van der Waals surface area contributed by atoms with Crippen LogP contribution in [0.2, 0.25) is 0 Å². The van der Waals surface area contributed by atoms with Crippen LogP contribution in [0.5, 0.6) is 0 Å². The highest BCUT2D eigenvalue weighted by molar-refractivity contribution is 7.98. The third-order valence-corrected chi connectivity index (χ3v) is 6.49. The minimum absolute atomic E-state index is 0.0668. The van der Waals surface area contributed by atoms with E-state index in [1.807, 2.05) is 0 Å². The van der Waals surface area contributed by atoms with Gasteiger partial charge in [0.15, 0.2) is 11.5 Å². The van der Waals surface area contributed by atoms with Crippen molar-refractivity contribution >= 4 is 22.8 Å². The lowest BCUT2D eigenvalue weighted by Crippen LogP contribution is -2.31. The number of aromatic amines is 1. The maximum Gasteiger partial charge on any atom is 0.330 e. The van der Waals surface area contributed by atoms with E-state index in [4.69, 9.17) is 4.52 Å². The van der Waals surface area contributed by atoms with E-state index in [9.17, 15) is 14.0 Å². The fourth-order valence-corrected chi connectivity index (χ4v) is 4.46. The SMILES string of the molecule is O=c1[nH]c(=O)n(C2CC2)c2nc(C3CC3)nc(SCc3noc(-c4ccc(F)cc4)n3)c12. The maximum atomic E-state index is 13.1. The van der Waals surface area contributed by atoms with Gasteiger partial charge in [-0.1, -0.05) is 16.9 Å². The van der Waals surface area contributed by atoms with Crippen LogP contribution in [0.3, 0.4) is 0 Å². The van der Waals surface area contributed by atoms with Gasteiger partial charge in [0, 0.05) is 17.5 Å². The van der Waals surface area contributed by atoms with Crippen molar-refractivity contribution < 1.29 is 8.91 Å². The number of fused-ring (bicyclic) bond motifs is 1. The Bertz CT molecular complexity index is 1450. The molecule has 0 spiro atoms. The van der Waals surface area contributed by atoms with Crippen LogP contribution in [0.1, 0.15) is 49.3 Å². The summed E-state index contributed by atoms with van der Waals surface area (Å²) in [5, 5.41) is 4.80. The number of rotatable bonds is 6. The van der Waals surface area contributed by atoms with E-state index in [0.717, 1.165) is 25.7 Å². The molecule has 1 N–H and O–H groups in total. The second kappa shape index (κ2) is 7.37. The molecule has 2 saturated carbocycles. The first-order valence-corrected chi connectivity index (χ1v) is 11.3. The van der Waals surface area contributed by atoms with Crippen molar-refractivity contribution in [1.82, 2.24) is 29.7 Å². The quantitative estimate of drug-likeness (QED) is 0.350. The van der Waals surface area contributed by atoms with Gasteiger partial charge in [0.05, 0.1) is 5.75 Å². The van der Waals surface area contributed by atoms with Gasteiger partial charge >= 0.3 is 5.69 Å². The van der Waals surface area contributed by atoms with Crippen molar-refractivity contribution in [2.24, 2.45) is 0 Å². The summed E-state index contributed by atoms with van der Waals surface area (Å²) < 4.78 is 20.0. The molecule has 0 bridgehead atoms. The topological polar surface area (TPSA) is 120 Å². The second-order valence-corrected chi connectivity index (χ2v) is 9.00. The van der Waals surface area contributed by atoms with E-state index in [1.165, 1.54) is 23.9 Å². The van der Waals surface area contributed by atoms with Crippen LogP contribution >= 0.6 is 11.8 Å². The van der Waals surface area contributed by atoms with Crippen LogP contribution in [0, 0.1) is 5.82 Å². The molecule has 0 atom stereocenters. The highest BCUT2D eigenvalue weighted by Crippen LogP contribution is 2.41. The molecule has 0 amide bonds. The smallest absolute Gasteiger partial charge is 0.330 e. The van der Waals surface area contributed by atoms with Crippen molar-refractivity contribution in [3.63, 3.8) is 0 Å². The Labute approximate surface area is 184 Å². The number of halogens is 1. The van der Waals surface area contributed by atoms with Crippen LogP contribution in [-0.2, 0) is 5.75 Å². The molecule has 6 rings (SSSR count). The molecule has 0 saturated heterocycles.